The van der Waals surface area contributed by atoms with Gasteiger partial charge in [0.2, 0.25) is 0 Å². The van der Waals surface area contributed by atoms with E-state index in [9.17, 15) is 4.79 Å². The maximum atomic E-state index is 10.9. The molecule has 0 amide bonds. The Kier molecular flexibility index (Phi) is 5.19. The number of nitrogens with zero attached hydrogens (tertiary/aromatic N) is 1. The average molecular weight is 185 g/mol. The zero-order valence-electron chi connectivity index (χ0n) is 8.92. The van der Waals surface area contributed by atoms with Gasteiger partial charge in [-0.05, 0) is 12.8 Å². The highest BCUT2D eigenvalue weighted by Gasteiger charge is 2.13. The second-order valence-corrected chi connectivity index (χ2v) is 3.23. The number of carboxylic acids is 1. The van der Waals surface area contributed by atoms with Crippen molar-refractivity contribution < 1.29 is 9.90 Å². The summed E-state index contributed by atoms with van der Waals surface area (Å²) in [5.74, 6) is -0.785. The van der Waals surface area contributed by atoms with E-state index in [0.717, 1.165) is 18.5 Å². The first-order valence-electron chi connectivity index (χ1n) is 4.67. The molecule has 0 aliphatic rings. The van der Waals surface area contributed by atoms with Crippen LogP contribution in [0.5, 0.6) is 0 Å². The number of allylic oxidation sites excluding steroid dienone is 1. The Bertz CT molecular complexity index is 207. The first-order chi connectivity index (χ1) is 6.04. The molecule has 0 aromatic heterocycles. The average Bonchev–Trinajstić information content (AvgIpc) is 2.03. The minimum absolute atomic E-state index is 0.551. The van der Waals surface area contributed by atoms with Crippen molar-refractivity contribution in [2.75, 3.05) is 14.1 Å². The molecule has 76 valence electrons. The van der Waals surface area contributed by atoms with E-state index >= 15 is 0 Å². The van der Waals surface area contributed by atoms with Crippen molar-refractivity contribution in [3.05, 3.63) is 11.3 Å². The van der Waals surface area contributed by atoms with Gasteiger partial charge in [0, 0.05) is 19.8 Å². The number of carbonyl (C=O) groups is 1. The van der Waals surface area contributed by atoms with Crippen molar-refractivity contribution in [2.45, 2.75) is 33.1 Å². The van der Waals surface area contributed by atoms with Gasteiger partial charge in [-0.15, -0.1) is 0 Å². The van der Waals surface area contributed by atoms with Crippen LogP contribution in [0.4, 0.5) is 0 Å². The molecule has 1 N–H and O–H groups in total. The maximum Gasteiger partial charge on any atom is 0.333 e. The van der Waals surface area contributed by atoms with Gasteiger partial charge in [0.25, 0.3) is 0 Å². The highest BCUT2D eigenvalue weighted by molar-refractivity contribution is 5.87. The molecule has 0 aromatic rings. The van der Waals surface area contributed by atoms with E-state index in [2.05, 4.69) is 0 Å². The van der Waals surface area contributed by atoms with Crippen LogP contribution in [0.3, 0.4) is 0 Å². The molecular formula is C10H19NO2. The topological polar surface area (TPSA) is 40.5 Å². The van der Waals surface area contributed by atoms with Crippen LogP contribution in [0.15, 0.2) is 11.3 Å². The van der Waals surface area contributed by atoms with Gasteiger partial charge >= 0.3 is 5.97 Å². The van der Waals surface area contributed by atoms with Crippen molar-refractivity contribution in [1.29, 1.82) is 0 Å². The minimum Gasteiger partial charge on any atom is -0.478 e. The van der Waals surface area contributed by atoms with Crippen LogP contribution >= 0.6 is 0 Å². The molecule has 0 unspecified atom stereocenters. The van der Waals surface area contributed by atoms with E-state index in [1.54, 1.807) is 0 Å². The Morgan fingerprint density at radius 1 is 1.31 bits per heavy atom. The summed E-state index contributed by atoms with van der Waals surface area (Å²) in [5.41, 5.74) is 1.48. The Balaban J connectivity index is 4.88. The third-order valence-corrected chi connectivity index (χ3v) is 1.98. The Morgan fingerprint density at radius 3 is 2.08 bits per heavy atom. The molecule has 0 bridgehead atoms. The lowest BCUT2D eigenvalue weighted by atomic mass is 10.1. The van der Waals surface area contributed by atoms with E-state index in [1.165, 1.54) is 0 Å². The molecule has 0 fully saturated rings. The molecule has 0 aromatic carbocycles. The molecule has 0 saturated carbocycles. The fourth-order valence-corrected chi connectivity index (χ4v) is 1.42. The third-order valence-electron chi connectivity index (χ3n) is 1.98. The fourth-order valence-electron chi connectivity index (χ4n) is 1.42. The predicted molar refractivity (Wildman–Crippen MR) is 53.5 cm³/mol. The summed E-state index contributed by atoms with van der Waals surface area (Å²) in [6, 6.07) is 0. The first kappa shape index (κ1) is 12.0. The van der Waals surface area contributed by atoms with Crippen molar-refractivity contribution in [3.8, 4) is 0 Å². The van der Waals surface area contributed by atoms with Crippen LogP contribution < -0.4 is 0 Å². The molecule has 3 nitrogen and oxygen atoms in total. The van der Waals surface area contributed by atoms with E-state index < -0.39 is 5.97 Å². The number of hydrogen-bond acceptors (Lipinski definition) is 2. The Morgan fingerprint density at radius 2 is 1.85 bits per heavy atom. The molecular weight excluding hydrogens is 166 g/mol. The number of carboxylic acid groups (broad SMARTS) is 1. The summed E-state index contributed by atoms with van der Waals surface area (Å²) >= 11 is 0. The van der Waals surface area contributed by atoms with Crippen LogP contribution in [0, 0.1) is 0 Å². The summed E-state index contributed by atoms with van der Waals surface area (Å²) in [6.07, 6.45) is 2.30. The normalized spacial score (nSPS) is 12.3. The zero-order valence-corrected chi connectivity index (χ0v) is 8.92. The number of hydrogen-bond donors (Lipinski definition) is 1. The largest absolute Gasteiger partial charge is 0.478 e. The van der Waals surface area contributed by atoms with E-state index in [4.69, 9.17) is 5.11 Å². The van der Waals surface area contributed by atoms with Crippen molar-refractivity contribution in [1.82, 2.24) is 4.90 Å². The summed E-state index contributed by atoms with van der Waals surface area (Å²) in [7, 11) is 3.77. The molecule has 13 heavy (non-hydrogen) atoms. The van der Waals surface area contributed by atoms with Gasteiger partial charge in [-0.25, -0.2) is 4.79 Å². The van der Waals surface area contributed by atoms with Crippen molar-refractivity contribution in [3.63, 3.8) is 0 Å². The molecule has 3 heteroatoms. The van der Waals surface area contributed by atoms with Crippen LogP contribution in [-0.4, -0.2) is 30.1 Å². The van der Waals surface area contributed by atoms with Gasteiger partial charge in [-0.3, -0.25) is 0 Å². The van der Waals surface area contributed by atoms with E-state index in [1.807, 2.05) is 32.8 Å². The van der Waals surface area contributed by atoms with Gasteiger partial charge in [-0.1, -0.05) is 20.3 Å². The second-order valence-electron chi connectivity index (χ2n) is 3.23. The summed E-state index contributed by atoms with van der Waals surface area (Å²) < 4.78 is 0. The SMILES string of the molecule is CCCC(C(=O)O)=C(CC)N(C)C. The molecule has 0 radical (unpaired) electrons. The van der Waals surface area contributed by atoms with Gasteiger partial charge in [0.05, 0.1) is 5.57 Å². The number of aliphatic carboxylic acids is 1. The standard InChI is InChI=1S/C10H19NO2/c1-5-7-8(10(12)13)9(6-2)11(3)4/h5-7H2,1-4H3,(H,12,13). The lowest BCUT2D eigenvalue weighted by Gasteiger charge is -2.18. The Labute approximate surface area is 80.0 Å². The summed E-state index contributed by atoms with van der Waals surface area (Å²) in [6.45, 7) is 3.97. The monoisotopic (exact) mass is 185 g/mol. The quantitative estimate of drug-likeness (QED) is 0.667. The smallest absolute Gasteiger partial charge is 0.333 e. The highest BCUT2D eigenvalue weighted by atomic mass is 16.4. The van der Waals surface area contributed by atoms with Gasteiger partial charge in [0.1, 0.15) is 0 Å². The predicted octanol–water partition coefficient (Wildman–Crippen LogP) is 2.10. The van der Waals surface area contributed by atoms with E-state index in [0.29, 0.717) is 12.0 Å². The molecule has 0 heterocycles. The Hall–Kier alpha value is -0.990. The van der Waals surface area contributed by atoms with Crippen molar-refractivity contribution in [2.24, 2.45) is 0 Å². The summed E-state index contributed by atoms with van der Waals surface area (Å²) in [4.78, 5) is 12.8. The lowest BCUT2D eigenvalue weighted by Crippen LogP contribution is -2.17. The van der Waals surface area contributed by atoms with Gasteiger partial charge < -0.3 is 10.0 Å². The molecule has 0 atom stereocenters. The van der Waals surface area contributed by atoms with E-state index in [-0.39, 0.29) is 0 Å². The molecule has 0 aliphatic heterocycles. The second kappa shape index (κ2) is 5.62. The van der Waals surface area contributed by atoms with Crippen LogP contribution in [0.25, 0.3) is 0 Å². The van der Waals surface area contributed by atoms with Crippen LogP contribution in [0.2, 0.25) is 0 Å². The highest BCUT2D eigenvalue weighted by Crippen LogP contribution is 2.16. The summed E-state index contributed by atoms with van der Waals surface area (Å²) in [5, 5.41) is 8.97. The molecule has 0 aliphatic carbocycles. The van der Waals surface area contributed by atoms with Gasteiger partial charge in [0.15, 0.2) is 0 Å². The zero-order chi connectivity index (χ0) is 10.4. The molecule has 0 spiro atoms. The molecule has 0 rings (SSSR count). The number of rotatable bonds is 5. The molecule has 0 saturated heterocycles. The van der Waals surface area contributed by atoms with Crippen molar-refractivity contribution >= 4 is 5.97 Å². The lowest BCUT2D eigenvalue weighted by molar-refractivity contribution is -0.133. The minimum atomic E-state index is -0.785. The van der Waals surface area contributed by atoms with Gasteiger partial charge in [-0.2, -0.15) is 0 Å². The maximum absolute atomic E-state index is 10.9. The first-order valence-corrected chi connectivity index (χ1v) is 4.67. The van der Waals surface area contributed by atoms with Crippen LogP contribution in [-0.2, 0) is 4.79 Å². The van der Waals surface area contributed by atoms with Crippen LogP contribution in [0.1, 0.15) is 33.1 Å². The third kappa shape index (κ3) is 3.49. The fraction of sp³-hybridized carbons (Fsp3) is 0.700.